The van der Waals surface area contributed by atoms with Crippen LogP contribution in [0.2, 0.25) is 0 Å². The van der Waals surface area contributed by atoms with Crippen LogP contribution in [0.15, 0.2) is 30.3 Å². The van der Waals surface area contributed by atoms with Crippen LogP contribution in [0.3, 0.4) is 0 Å². The van der Waals surface area contributed by atoms with Crippen LogP contribution in [-0.4, -0.2) is 96.2 Å². The summed E-state index contributed by atoms with van der Waals surface area (Å²) in [6.07, 6.45) is 0.122. The van der Waals surface area contributed by atoms with E-state index < -0.39 is 47.3 Å². The summed E-state index contributed by atoms with van der Waals surface area (Å²) in [4.78, 5) is 15.8. The average Bonchev–Trinajstić information content (AvgIpc) is 3.38. The quantitative estimate of drug-likeness (QED) is 0.480. The number of carbonyl (C=O) groups is 1. The van der Waals surface area contributed by atoms with E-state index in [9.17, 15) is 20.1 Å². The van der Waals surface area contributed by atoms with Crippen LogP contribution in [0, 0.1) is 40.4 Å². The Morgan fingerprint density at radius 1 is 1.11 bits per heavy atom. The van der Waals surface area contributed by atoms with E-state index >= 15 is 0 Å². The number of rotatable bonds is 6. The van der Waals surface area contributed by atoms with Gasteiger partial charge >= 0.3 is 5.97 Å². The number of carbonyl (C=O) groups excluding carboxylic acids is 1. The topological polar surface area (TPSA) is 109 Å². The number of hydrogen-bond donors (Lipinski definition) is 3. The van der Waals surface area contributed by atoms with Gasteiger partial charge in [-0.25, -0.2) is 4.79 Å². The van der Waals surface area contributed by atoms with Gasteiger partial charge < -0.3 is 29.5 Å². The second kappa shape index (κ2) is 8.48. The summed E-state index contributed by atoms with van der Waals surface area (Å²) in [6.45, 7) is 4.46. The highest BCUT2D eigenvalue weighted by Gasteiger charge is 2.85. The van der Waals surface area contributed by atoms with Crippen molar-refractivity contribution < 1.29 is 34.3 Å². The van der Waals surface area contributed by atoms with Gasteiger partial charge in [0.05, 0.1) is 24.4 Å². The summed E-state index contributed by atoms with van der Waals surface area (Å²) in [5.74, 6) is -1.32. The number of fused-ring (bicyclic) bond motifs is 2. The van der Waals surface area contributed by atoms with Crippen molar-refractivity contribution in [1.29, 1.82) is 0 Å². The van der Waals surface area contributed by atoms with Crippen molar-refractivity contribution in [2.75, 3.05) is 33.9 Å². The van der Waals surface area contributed by atoms with Crippen LogP contribution in [0.25, 0.3) is 0 Å². The van der Waals surface area contributed by atoms with Gasteiger partial charge in [0.1, 0.15) is 17.8 Å². The van der Waals surface area contributed by atoms with Crippen LogP contribution in [0.5, 0.6) is 0 Å². The van der Waals surface area contributed by atoms with Crippen molar-refractivity contribution in [2.24, 2.45) is 40.4 Å². The Bertz CT molecular complexity index is 1100. The summed E-state index contributed by atoms with van der Waals surface area (Å²) in [5.41, 5.74) is -1.56. The number of likely N-dealkylation sites (tertiary alicyclic amines) is 1. The van der Waals surface area contributed by atoms with Crippen molar-refractivity contribution in [1.82, 2.24) is 4.90 Å². The first-order chi connectivity index (χ1) is 18.3. The highest BCUT2D eigenvalue weighted by molar-refractivity contribution is 5.89. The molecule has 1 aromatic rings. The number of nitrogens with zero attached hydrogens (tertiary/aromatic N) is 1. The Kier molecular flexibility index (Phi) is 5.67. The van der Waals surface area contributed by atoms with Gasteiger partial charge in [-0.05, 0) is 56.2 Å². The van der Waals surface area contributed by atoms with Crippen molar-refractivity contribution in [2.45, 2.75) is 68.7 Å². The number of methoxy groups -OCH3 is 2. The molecule has 8 heteroatoms. The van der Waals surface area contributed by atoms with E-state index in [1.54, 1.807) is 26.4 Å². The molecule has 1 heterocycles. The van der Waals surface area contributed by atoms with Gasteiger partial charge in [-0.2, -0.15) is 0 Å². The Balaban J connectivity index is 1.39. The van der Waals surface area contributed by atoms with E-state index in [0.29, 0.717) is 25.0 Å². The lowest BCUT2D eigenvalue weighted by atomic mass is 9.43. The second-order valence-corrected chi connectivity index (χ2v) is 13.1. The number of aliphatic hydroxyl groups excluding tert-OH is 2. The zero-order chi connectivity index (χ0) is 26.6. The molecule has 3 N–H and O–H groups in total. The summed E-state index contributed by atoms with van der Waals surface area (Å²) >= 11 is 0. The predicted octanol–water partition coefficient (Wildman–Crippen LogP) is 1.71. The second-order valence-electron chi connectivity index (χ2n) is 13.1. The van der Waals surface area contributed by atoms with E-state index in [1.165, 1.54) is 0 Å². The molecule has 0 radical (unpaired) electrons. The molecule has 0 aromatic heterocycles. The first kappa shape index (κ1) is 25.4. The summed E-state index contributed by atoms with van der Waals surface area (Å²) in [7, 11) is 3.33. The number of piperidine rings is 1. The first-order valence-electron chi connectivity index (χ1n) is 14.4. The smallest absolute Gasteiger partial charge is 0.338 e. The number of ether oxygens (including phenoxy) is 3. The normalized spacial score (nSPS) is 52.2. The Morgan fingerprint density at radius 2 is 1.87 bits per heavy atom. The van der Waals surface area contributed by atoms with Crippen molar-refractivity contribution in [3.63, 3.8) is 0 Å². The maximum absolute atomic E-state index is 13.3. The predicted molar refractivity (Wildman–Crippen MR) is 137 cm³/mol. The molecule has 1 aromatic carbocycles. The SMILES string of the molecule is CCN1C[C@]2(COC)CC[C@H](O)[C@]34C1[C@H](C[C@H]23)[C@]1(O)[C@H]2[C@@H](OC(=O)c3ccccc3)[C@H](C[C@H]24)[C@@H](OC)[C@@H]1O. The Labute approximate surface area is 224 Å². The van der Waals surface area contributed by atoms with Crippen molar-refractivity contribution >= 4 is 5.97 Å². The molecular weight excluding hydrogens is 486 g/mol. The summed E-state index contributed by atoms with van der Waals surface area (Å²) < 4.78 is 18.0. The molecule has 1 unspecified atom stereocenters. The molecule has 1 spiro atoms. The fourth-order valence-electron chi connectivity index (χ4n) is 11.3. The molecule has 1 aliphatic heterocycles. The molecule has 208 valence electrons. The van der Waals surface area contributed by atoms with Gasteiger partial charge in [-0.3, -0.25) is 4.90 Å². The van der Waals surface area contributed by atoms with Gasteiger partial charge in [0.25, 0.3) is 0 Å². The van der Waals surface area contributed by atoms with Gasteiger partial charge in [0, 0.05) is 55.4 Å². The number of esters is 1. The zero-order valence-electron chi connectivity index (χ0n) is 22.5. The van der Waals surface area contributed by atoms with Crippen LogP contribution in [0.4, 0.5) is 0 Å². The third-order valence-corrected chi connectivity index (χ3v) is 12.2. The number of aliphatic hydroxyl groups is 3. The third-order valence-electron chi connectivity index (χ3n) is 12.2. The van der Waals surface area contributed by atoms with E-state index in [0.717, 1.165) is 25.9 Å². The number of benzene rings is 1. The largest absolute Gasteiger partial charge is 0.458 e. The standard InChI is InChI=1S/C30H41NO7/c1-4-31-14-28(15-36-2)11-10-21(32)29-18-12-17-23(38-27(34)16-8-6-5-7-9-16)22(18)30(35,26(33)24(17)37-3)19(25(29)31)13-20(28)29/h5-9,17-26,32-33,35H,4,10-15H2,1-3H3/t17-,18+,19-,20+,21-,22+,23-,24+,25?,26-,28-,29+,30-/m0/s1. The van der Waals surface area contributed by atoms with E-state index in [4.69, 9.17) is 14.2 Å². The highest BCUT2D eigenvalue weighted by Crippen LogP contribution is 2.79. The van der Waals surface area contributed by atoms with Crippen molar-refractivity contribution in [3.05, 3.63) is 35.9 Å². The molecule has 8 nitrogen and oxygen atoms in total. The molecule has 5 saturated carbocycles. The maximum atomic E-state index is 13.3. The van der Waals surface area contributed by atoms with Crippen LogP contribution < -0.4 is 0 Å². The first-order valence-corrected chi connectivity index (χ1v) is 14.4. The lowest BCUT2D eigenvalue weighted by molar-refractivity contribution is -0.296. The fourth-order valence-corrected chi connectivity index (χ4v) is 11.3. The van der Waals surface area contributed by atoms with Gasteiger partial charge in [0.2, 0.25) is 0 Å². The maximum Gasteiger partial charge on any atom is 0.338 e. The van der Waals surface area contributed by atoms with Gasteiger partial charge in [0.15, 0.2) is 0 Å². The third kappa shape index (κ3) is 2.79. The molecule has 38 heavy (non-hydrogen) atoms. The molecule has 5 aliphatic carbocycles. The Hall–Kier alpha value is -1.55. The highest BCUT2D eigenvalue weighted by atomic mass is 16.6. The van der Waals surface area contributed by atoms with Crippen LogP contribution in [0.1, 0.15) is 43.0 Å². The van der Waals surface area contributed by atoms with Crippen LogP contribution >= 0.6 is 0 Å². The molecule has 6 aliphatic rings. The van der Waals surface area contributed by atoms with Crippen LogP contribution in [-0.2, 0) is 14.2 Å². The molecule has 13 atom stereocenters. The minimum Gasteiger partial charge on any atom is -0.458 e. The van der Waals surface area contributed by atoms with E-state index in [2.05, 4.69) is 11.8 Å². The lowest BCUT2D eigenvalue weighted by Crippen LogP contribution is -2.78. The Morgan fingerprint density at radius 3 is 2.55 bits per heavy atom. The fraction of sp³-hybridized carbons (Fsp3) is 0.767. The molecule has 6 fully saturated rings. The number of hydrogen-bond acceptors (Lipinski definition) is 8. The monoisotopic (exact) mass is 527 g/mol. The minimum absolute atomic E-state index is 0.0430. The zero-order valence-corrected chi connectivity index (χ0v) is 22.5. The molecular formula is C30H41NO7. The van der Waals surface area contributed by atoms with Gasteiger partial charge in [-0.15, -0.1) is 0 Å². The minimum atomic E-state index is -1.48. The molecule has 7 bridgehead atoms. The molecule has 1 saturated heterocycles. The lowest BCUT2D eigenvalue weighted by Gasteiger charge is -2.69. The summed E-state index contributed by atoms with van der Waals surface area (Å²) in [6, 6.07) is 8.91. The van der Waals surface area contributed by atoms with E-state index in [1.807, 2.05) is 18.2 Å². The van der Waals surface area contributed by atoms with Crippen molar-refractivity contribution in [3.8, 4) is 0 Å². The van der Waals surface area contributed by atoms with Gasteiger partial charge in [-0.1, -0.05) is 25.1 Å². The summed E-state index contributed by atoms with van der Waals surface area (Å²) in [5, 5.41) is 36.7. The molecule has 0 amide bonds. The van der Waals surface area contributed by atoms with E-state index in [-0.39, 0.29) is 35.1 Å². The average molecular weight is 528 g/mol. The molecule has 7 rings (SSSR count).